The molecule has 11 rings (SSSR count). The standard InChI is InChI=1S/C53H34N2/c1-3-17-35(18-4-1)37-21-15-22-38(33-37)49-34-50(55-52(54-49)36-19-5-2-6-20-36)44-28-16-32-48-51(44)43-27-11-14-31-47(43)53(48)45-29-12-9-25-41(45)39-23-7-8-24-40(39)42-26-10-13-30-46(42)53/h1-34H. The zero-order valence-corrected chi connectivity index (χ0v) is 30.0. The van der Waals surface area contributed by atoms with Gasteiger partial charge >= 0.3 is 0 Å². The van der Waals surface area contributed by atoms with E-state index in [4.69, 9.17) is 9.97 Å². The first-order chi connectivity index (χ1) is 27.3. The summed E-state index contributed by atoms with van der Waals surface area (Å²) in [5, 5.41) is 0. The summed E-state index contributed by atoms with van der Waals surface area (Å²) in [6.45, 7) is 0. The van der Waals surface area contributed by atoms with Crippen LogP contribution >= 0.6 is 0 Å². The van der Waals surface area contributed by atoms with Crippen molar-refractivity contribution in [3.8, 4) is 78.4 Å². The number of hydrogen-bond donors (Lipinski definition) is 0. The zero-order valence-electron chi connectivity index (χ0n) is 30.0. The molecule has 2 aliphatic carbocycles. The Morgan fingerprint density at radius 2 is 0.709 bits per heavy atom. The van der Waals surface area contributed by atoms with Crippen molar-refractivity contribution in [2.45, 2.75) is 5.41 Å². The van der Waals surface area contributed by atoms with Crippen molar-refractivity contribution in [3.05, 3.63) is 229 Å². The maximum absolute atomic E-state index is 5.39. The largest absolute Gasteiger partial charge is 0.228 e. The van der Waals surface area contributed by atoms with Gasteiger partial charge in [0.25, 0.3) is 0 Å². The number of benzene rings is 8. The monoisotopic (exact) mass is 698 g/mol. The Morgan fingerprint density at radius 1 is 0.273 bits per heavy atom. The Hall–Kier alpha value is -7.16. The average Bonchev–Trinajstić information content (AvgIpc) is 3.52. The third-order valence-corrected chi connectivity index (χ3v) is 11.5. The minimum absolute atomic E-state index is 0.559. The molecule has 0 radical (unpaired) electrons. The van der Waals surface area contributed by atoms with Crippen molar-refractivity contribution in [3.63, 3.8) is 0 Å². The van der Waals surface area contributed by atoms with Gasteiger partial charge in [0.1, 0.15) is 0 Å². The van der Waals surface area contributed by atoms with E-state index in [0.29, 0.717) is 5.82 Å². The van der Waals surface area contributed by atoms with Gasteiger partial charge in [-0.05, 0) is 78.9 Å². The first kappa shape index (κ1) is 31.4. The van der Waals surface area contributed by atoms with Gasteiger partial charge in [-0.15, -0.1) is 0 Å². The van der Waals surface area contributed by atoms with Crippen molar-refractivity contribution in [1.29, 1.82) is 0 Å². The van der Waals surface area contributed by atoms with Crippen LogP contribution in [0.5, 0.6) is 0 Å². The molecular formula is C53H34N2. The van der Waals surface area contributed by atoms with E-state index in [1.54, 1.807) is 0 Å². The topological polar surface area (TPSA) is 25.8 Å². The first-order valence-corrected chi connectivity index (χ1v) is 18.9. The van der Waals surface area contributed by atoms with E-state index in [0.717, 1.165) is 33.6 Å². The molecule has 8 aromatic carbocycles. The minimum Gasteiger partial charge on any atom is -0.228 e. The summed E-state index contributed by atoms with van der Waals surface area (Å²) in [4.78, 5) is 10.6. The van der Waals surface area contributed by atoms with Crippen LogP contribution in [0.4, 0.5) is 0 Å². The fraction of sp³-hybridized carbons (Fsp3) is 0.0189. The Morgan fingerprint density at radius 3 is 1.36 bits per heavy atom. The van der Waals surface area contributed by atoms with E-state index in [1.165, 1.54) is 61.2 Å². The van der Waals surface area contributed by atoms with Crippen LogP contribution in [0, 0.1) is 0 Å². The lowest BCUT2D eigenvalue weighted by Crippen LogP contribution is -2.29. The van der Waals surface area contributed by atoms with Crippen LogP contribution in [-0.4, -0.2) is 9.97 Å². The fourth-order valence-electron chi connectivity index (χ4n) is 9.25. The van der Waals surface area contributed by atoms with Gasteiger partial charge in [0, 0.05) is 16.7 Å². The smallest absolute Gasteiger partial charge is 0.160 e. The minimum atomic E-state index is -0.559. The molecule has 0 saturated heterocycles. The molecule has 0 amide bonds. The van der Waals surface area contributed by atoms with Crippen LogP contribution in [0.15, 0.2) is 206 Å². The molecule has 0 bridgehead atoms. The van der Waals surface area contributed by atoms with Crippen LogP contribution in [0.1, 0.15) is 22.3 Å². The van der Waals surface area contributed by atoms with Crippen LogP contribution in [0.3, 0.4) is 0 Å². The molecule has 0 unspecified atom stereocenters. The predicted octanol–water partition coefficient (Wildman–Crippen LogP) is 13.2. The molecule has 1 spiro atoms. The number of fused-ring (bicyclic) bond motifs is 12. The van der Waals surface area contributed by atoms with E-state index in [1.807, 2.05) is 6.07 Å². The Balaban J connectivity index is 1.21. The highest BCUT2D eigenvalue weighted by atomic mass is 14.9. The van der Waals surface area contributed by atoms with Crippen molar-refractivity contribution < 1.29 is 0 Å². The highest BCUT2D eigenvalue weighted by molar-refractivity contribution is 6.00. The summed E-state index contributed by atoms with van der Waals surface area (Å²) >= 11 is 0. The predicted molar refractivity (Wildman–Crippen MR) is 226 cm³/mol. The van der Waals surface area contributed by atoms with Gasteiger partial charge in [-0.25, -0.2) is 9.97 Å². The lowest BCUT2D eigenvalue weighted by atomic mass is 9.66. The Bertz CT molecular complexity index is 2860. The van der Waals surface area contributed by atoms with E-state index in [2.05, 4.69) is 200 Å². The Kier molecular flexibility index (Phi) is 7.11. The third kappa shape index (κ3) is 4.75. The van der Waals surface area contributed by atoms with E-state index in [-0.39, 0.29) is 0 Å². The Labute approximate surface area is 321 Å². The first-order valence-electron chi connectivity index (χ1n) is 18.9. The van der Waals surface area contributed by atoms with Crippen LogP contribution < -0.4 is 0 Å². The highest BCUT2D eigenvalue weighted by Crippen LogP contribution is 2.62. The zero-order chi connectivity index (χ0) is 36.3. The van der Waals surface area contributed by atoms with Gasteiger partial charge in [0.05, 0.1) is 16.8 Å². The summed E-state index contributed by atoms with van der Waals surface area (Å²) in [6, 6.07) is 74.6. The van der Waals surface area contributed by atoms with E-state index < -0.39 is 5.41 Å². The normalized spacial score (nSPS) is 12.9. The molecule has 1 heterocycles. The molecule has 0 atom stereocenters. The van der Waals surface area contributed by atoms with Gasteiger partial charge in [-0.1, -0.05) is 194 Å². The van der Waals surface area contributed by atoms with Crippen LogP contribution in [0.2, 0.25) is 0 Å². The van der Waals surface area contributed by atoms with E-state index in [9.17, 15) is 0 Å². The highest BCUT2D eigenvalue weighted by Gasteiger charge is 2.50. The lowest BCUT2D eigenvalue weighted by Gasteiger charge is -2.35. The van der Waals surface area contributed by atoms with Crippen LogP contribution in [-0.2, 0) is 5.41 Å². The molecule has 256 valence electrons. The maximum Gasteiger partial charge on any atom is 0.160 e. The molecule has 9 aromatic rings. The van der Waals surface area contributed by atoms with Crippen molar-refractivity contribution >= 4 is 0 Å². The summed E-state index contributed by atoms with van der Waals surface area (Å²) in [5.41, 5.74) is 19.3. The fourth-order valence-corrected chi connectivity index (χ4v) is 9.25. The number of aromatic nitrogens is 2. The second kappa shape index (κ2) is 12.5. The molecule has 0 fully saturated rings. The summed E-state index contributed by atoms with van der Waals surface area (Å²) in [7, 11) is 0. The van der Waals surface area contributed by atoms with Gasteiger partial charge in [-0.2, -0.15) is 0 Å². The van der Waals surface area contributed by atoms with Gasteiger partial charge in [0.2, 0.25) is 0 Å². The third-order valence-electron chi connectivity index (χ3n) is 11.5. The van der Waals surface area contributed by atoms with Gasteiger partial charge in [-0.3, -0.25) is 0 Å². The maximum atomic E-state index is 5.39. The van der Waals surface area contributed by atoms with Crippen molar-refractivity contribution in [2.75, 3.05) is 0 Å². The van der Waals surface area contributed by atoms with Crippen molar-refractivity contribution in [2.24, 2.45) is 0 Å². The molecular weight excluding hydrogens is 665 g/mol. The molecule has 55 heavy (non-hydrogen) atoms. The summed E-state index contributed by atoms with van der Waals surface area (Å²) < 4.78 is 0. The number of nitrogens with zero attached hydrogens (tertiary/aromatic N) is 2. The number of rotatable bonds is 4. The molecule has 0 saturated carbocycles. The average molecular weight is 699 g/mol. The van der Waals surface area contributed by atoms with Gasteiger partial charge < -0.3 is 0 Å². The van der Waals surface area contributed by atoms with E-state index >= 15 is 0 Å². The SMILES string of the molecule is c1ccc(-c2cccc(-c3cc(-c4cccc5c4-c4ccccc4C54c5ccccc5-c5ccccc5-c5ccccc54)nc(-c4ccccc4)n3)c2)cc1. The second-order valence-electron chi connectivity index (χ2n) is 14.4. The van der Waals surface area contributed by atoms with Crippen LogP contribution in [0.25, 0.3) is 78.4 Å². The molecule has 2 nitrogen and oxygen atoms in total. The summed E-state index contributed by atoms with van der Waals surface area (Å²) in [5.74, 6) is 0.706. The molecule has 1 aromatic heterocycles. The second-order valence-corrected chi connectivity index (χ2v) is 14.4. The molecule has 2 aliphatic rings. The molecule has 2 heteroatoms. The molecule has 0 N–H and O–H groups in total. The quantitative estimate of drug-likeness (QED) is 0.183. The van der Waals surface area contributed by atoms with Crippen molar-refractivity contribution in [1.82, 2.24) is 9.97 Å². The molecule has 0 aliphatic heterocycles. The summed E-state index contributed by atoms with van der Waals surface area (Å²) in [6.07, 6.45) is 0. The lowest BCUT2D eigenvalue weighted by molar-refractivity contribution is 0.775. The number of hydrogen-bond acceptors (Lipinski definition) is 2. The van der Waals surface area contributed by atoms with Gasteiger partial charge in [0.15, 0.2) is 5.82 Å².